The standard InChI is InChI=1S/C18H21NO3S2/c1-21-15-6-7-17(22-2)14(12-15)5-8-18(20)19-9-11-23-13-16-4-3-10-24-16/h3-8,10,12H,9,11,13H2,1-2H3,(H,19,20)/b8-5+. The highest BCUT2D eigenvalue weighted by Gasteiger charge is 2.03. The molecule has 0 unspecified atom stereocenters. The van der Waals surface area contributed by atoms with Crippen LogP contribution in [0.3, 0.4) is 0 Å². The van der Waals surface area contributed by atoms with Crippen molar-refractivity contribution >= 4 is 35.1 Å². The molecule has 24 heavy (non-hydrogen) atoms. The van der Waals surface area contributed by atoms with Gasteiger partial charge in [0.2, 0.25) is 5.91 Å². The molecule has 2 aromatic rings. The van der Waals surface area contributed by atoms with Crippen LogP contribution in [0.25, 0.3) is 6.08 Å². The van der Waals surface area contributed by atoms with E-state index in [0.717, 1.165) is 22.8 Å². The van der Waals surface area contributed by atoms with Gasteiger partial charge in [-0.2, -0.15) is 11.8 Å². The molecule has 0 saturated carbocycles. The van der Waals surface area contributed by atoms with Crippen molar-refractivity contribution in [3.63, 3.8) is 0 Å². The van der Waals surface area contributed by atoms with Crippen molar-refractivity contribution in [1.82, 2.24) is 5.32 Å². The van der Waals surface area contributed by atoms with Gasteiger partial charge < -0.3 is 14.8 Å². The molecule has 0 atom stereocenters. The van der Waals surface area contributed by atoms with Gasteiger partial charge in [-0.25, -0.2) is 0 Å². The largest absolute Gasteiger partial charge is 0.497 e. The molecule has 0 radical (unpaired) electrons. The zero-order valence-electron chi connectivity index (χ0n) is 13.8. The number of nitrogens with one attached hydrogen (secondary N) is 1. The highest BCUT2D eigenvalue weighted by molar-refractivity contribution is 7.98. The quantitative estimate of drug-likeness (QED) is 0.543. The number of thiophene rings is 1. The molecule has 128 valence electrons. The Balaban J connectivity index is 1.76. The number of ether oxygens (including phenoxy) is 2. The van der Waals surface area contributed by atoms with E-state index in [1.54, 1.807) is 31.6 Å². The summed E-state index contributed by atoms with van der Waals surface area (Å²) in [6, 6.07) is 9.65. The minimum atomic E-state index is -0.114. The Morgan fingerprint density at radius 1 is 1.29 bits per heavy atom. The van der Waals surface area contributed by atoms with Gasteiger partial charge in [-0.3, -0.25) is 4.79 Å². The maximum atomic E-state index is 11.9. The topological polar surface area (TPSA) is 47.6 Å². The van der Waals surface area contributed by atoms with Gasteiger partial charge in [-0.15, -0.1) is 11.3 Å². The van der Waals surface area contributed by atoms with Gasteiger partial charge in [0.15, 0.2) is 0 Å². The van der Waals surface area contributed by atoms with E-state index in [9.17, 15) is 4.79 Å². The molecule has 1 amide bonds. The molecule has 0 fully saturated rings. The van der Waals surface area contributed by atoms with Crippen LogP contribution in [0.2, 0.25) is 0 Å². The number of carbonyl (C=O) groups is 1. The van der Waals surface area contributed by atoms with E-state index >= 15 is 0 Å². The lowest BCUT2D eigenvalue weighted by atomic mass is 10.1. The minimum absolute atomic E-state index is 0.114. The first kappa shape index (κ1) is 18.4. The monoisotopic (exact) mass is 363 g/mol. The van der Waals surface area contributed by atoms with E-state index in [1.165, 1.54) is 11.0 Å². The fourth-order valence-electron chi connectivity index (χ4n) is 2.01. The summed E-state index contributed by atoms with van der Waals surface area (Å²) in [7, 11) is 3.21. The molecule has 0 spiro atoms. The maximum Gasteiger partial charge on any atom is 0.244 e. The van der Waals surface area contributed by atoms with Gasteiger partial charge in [0.25, 0.3) is 0 Å². The van der Waals surface area contributed by atoms with E-state index in [4.69, 9.17) is 9.47 Å². The fourth-order valence-corrected chi connectivity index (χ4v) is 3.71. The van der Waals surface area contributed by atoms with Crippen molar-refractivity contribution < 1.29 is 14.3 Å². The average Bonchev–Trinajstić information content (AvgIpc) is 3.12. The zero-order valence-corrected chi connectivity index (χ0v) is 15.4. The van der Waals surface area contributed by atoms with Crippen molar-refractivity contribution in [2.45, 2.75) is 5.75 Å². The van der Waals surface area contributed by atoms with Crippen molar-refractivity contribution in [1.29, 1.82) is 0 Å². The molecule has 0 bridgehead atoms. The van der Waals surface area contributed by atoms with Gasteiger partial charge >= 0.3 is 0 Å². The lowest BCUT2D eigenvalue weighted by Crippen LogP contribution is -2.23. The van der Waals surface area contributed by atoms with E-state index in [-0.39, 0.29) is 5.91 Å². The summed E-state index contributed by atoms with van der Waals surface area (Å²) < 4.78 is 10.5. The predicted octanol–water partition coefficient (Wildman–Crippen LogP) is 3.83. The molecule has 0 saturated heterocycles. The third kappa shape index (κ3) is 5.94. The molecular weight excluding hydrogens is 342 g/mol. The number of hydrogen-bond donors (Lipinski definition) is 1. The minimum Gasteiger partial charge on any atom is -0.497 e. The number of rotatable bonds is 9. The summed E-state index contributed by atoms with van der Waals surface area (Å²) in [6.07, 6.45) is 3.25. The Morgan fingerprint density at radius 3 is 2.88 bits per heavy atom. The molecule has 0 aliphatic carbocycles. The lowest BCUT2D eigenvalue weighted by molar-refractivity contribution is -0.116. The molecule has 4 nitrogen and oxygen atoms in total. The van der Waals surface area contributed by atoms with E-state index < -0.39 is 0 Å². The second kappa shape index (κ2) is 10.1. The number of methoxy groups -OCH3 is 2. The summed E-state index contributed by atoms with van der Waals surface area (Å²) in [5, 5.41) is 4.96. The van der Waals surface area contributed by atoms with Gasteiger partial charge in [-0.05, 0) is 35.7 Å². The van der Waals surface area contributed by atoms with Crippen molar-refractivity contribution in [2.75, 3.05) is 26.5 Å². The van der Waals surface area contributed by atoms with Crippen LogP contribution in [0.4, 0.5) is 0 Å². The molecule has 1 heterocycles. The normalized spacial score (nSPS) is 10.8. The third-order valence-electron chi connectivity index (χ3n) is 3.22. The van der Waals surface area contributed by atoms with Gasteiger partial charge in [0, 0.05) is 34.6 Å². The number of benzene rings is 1. The van der Waals surface area contributed by atoms with E-state index in [1.807, 2.05) is 30.0 Å². The fraction of sp³-hybridized carbons (Fsp3) is 0.278. The Labute approximate surface area is 150 Å². The Morgan fingerprint density at radius 2 is 2.17 bits per heavy atom. The molecule has 1 aromatic carbocycles. The van der Waals surface area contributed by atoms with Gasteiger partial charge in [-0.1, -0.05) is 6.07 Å². The van der Waals surface area contributed by atoms with Crippen molar-refractivity contribution in [3.8, 4) is 11.5 Å². The van der Waals surface area contributed by atoms with Crippen LogP contribution in [0.15, 0.2) is 41.8 Å². The summed E-state index contributed by atoms with van der Waals surface area (Å²) in [6.45, 7) is 0.647. The van der Waals surface area contributed by atoms with Crippen molar-refractivity contribution in [3.05, 3.63) is 52.2 Å². The highest BCUT2D eigenvalue weighted by atomic mass is 32.2. The van der Waals surface area contributed by atoms with Crippen LogP contribution in [0, 0.1) is 0 Å². The van der Waals surface area contributed by atoms with Crippen LogP contribution >= 0.6 is 23.1 Å². The third-order valence-corrected chi connectivity index (χ3v) is 5.29. The Kier molecular flexibility index (Phi) is 7.71. The summed E-state index contributed by atoms with van der Waals surface area (Å²) >= 11 is 3.57. The lowest BCUT2D eigenvalue weighted by Gasteiger charge is -2.07. The van der Waals surface area contributed by atoms with Gasteiger partial charge in [0.1, 0.15) is 11.5 Å². The Hall–Kier alpha value is -1.92. The zero-order chi connectivity index (χ0) is 17.2. The molecular formula is C18H21NO3S2. The Bertz CT molecular complexity index is 669. The molecule has 6 heteroatoms. The SMILES string of the molecule is COc1ccc(OC)c(/C=C/C(=O)NCCSCc2cccs2)c1. The summed E-state index contributed by atoms with van der Waals surface area (Å²) in [5.41, 5.74) is 0.805. The first-order valence-electron chi connectivity index (χ1n) is 7.51. The molecule has 0 aliphatic rings. The average molecular weight is 364 g/mol. The summed E-state index contributed by atoms with van der Waals surface area (Å²) in [5.74, 6) is 3.19. The number of carbonyl (C=O) groups excluding carboxylic acids is 1. The van der Waals surface area contributed by atoms with Gasteiger partial charge in [0.05, 0.1) is 14.2 Å². The van der Waals surface area contributed by atoms with Crippen LogP contribution in [-0.2, 0) is 10.5 Å². The van der Waals surface area contributed by atoms with E-state index in [2.05, 4.69) is 22.8 Å². The number of amides is 1. The molecule has 1 aromatic heterocycles. The number of thioether (sulfide) groups is 1. The molecule has 2 rings (SSSR count). The van der Waals surface area contributed by atoms with Crippen LogP contribution in [0.1, 0.15) is 10.4 Å². The van der Waals surface area contributed by atoms with Crippen LogP contribution in [0.5, 0.6) is 11.5 Å². The maximum absolute atomic E-state index is 11.9. The summed E-state index contributed by atoms with van der Waals surface area (Å²) in [4.78, 5) is 13.2. The van der Waals surface area contributed by atoms with Crippen LogP contribution < -0.4 is 14.8 Å². The first-order chi connectivity index (χ1) is 11.7. The smallest absolute Gasteiger partial charge is 0.244 e. The first-order valence-corrected chi connectivity index (χ1v) is 9.54. The predicted molar refractivity (Wildman–Crippen MR) is 102 cm³/mol. The second-order valence-corrected chi connectivity index (χ2v) is 7.00. The highest BCUT2D eigenvalue weighted by Crippen LogP contribution is 2.25. The molecule has 1 N–H and O–H groups in total. The van der Waals surface area contributed by atoms with Crippen molar-refractivity contribution in [2.24, 2.45) is 0 Å². The second-order valence-electron chi connectivity index (χ2n) is 4.86. The van der Waals surface area contributed by atoms with Crippen LogP contribution in [-0.4, -0.2) is 32.4 Å². The number of hydrogen-bond acceptors (Lipinski definition) is 5. The molecule has 0 aliphatic heterocycles. The van der Waals surface area contributed by atoms with E-state index in [0.29, 0.717) is 12.3 Å².